The first-order chi connectivity index (χ1) is 10.4. The second-order valence-corrected chi connectivity index (χ2v) is 7.51. The number of sulfonamides is 1. The minimum absolute atomic E-state index is 0.0925. The first-order valence-corrected chi connectivity index (χ1v) is 8.94. The number of carbonyl (C=O) groups is 1. The predicted molar refractivity (Wildman–Crippen MR) is 84.3 cm³/mol. The van der Waals surface area contributed by atoms with E-state index in [9.17, 15) is 13.2 Å². The van der Waals surface area contributed by atoms with Crippen LogP contribution >= 0.6 is 0 Å². The number of carbonyl (C=O) groups excluding carboxylic acids is 1. The Bertz CT molecular complexity index is 630. The van der Waals surface area contributed by atoms with Gasteiger partial charge in [-0.25, -0.2) is 8.42 Å². The van der Waals surface area contributed by atoms with E-state index in [1.54, 1.807) is 12.1 Å². The summed E-state index contributed by atoms with van der Waals surface area (Å²) in [6.07, 6.45) is -0.0925. The van der Waals surface area contributed by atoms with Crippen molar-refractivity contribution in [2.24, 2.45) is 0 Å². The molecule has 6 nitrogen and oxygen atoms in total. The van der Waals surface area contributed by atoms with Crippen molar-refractivity contribution in [2.75, 3.05) is 32.0 Å². The molecule has 0 aromatic heterocycles. The van der Waals surface area contributed by atoms with Gasteiger partial charge in [-0.1, -0.05) is 18.2 Å². The van der Waals surface area contributed by atoms with Crippen LogP contribution in [0.5, 0.6) is 0 Å². The zero-order chi connectivity index (χ0) is 16.2. The van der Waals surface area contributed by atoms with Crippen LogP contribution in [0.1, 0.15) is 22.8 Å². The maximum atomic E-state index is 12.2. The molecule has 122 valence electrons. The minimum Gasteiger partial charge on any atom is -0.376 e. The third-order valence-corrected chi connectivity index (χ3v) is 5.47. The van der Waals surface area contributed by atoms with Crippen LogP contribution in [0, 0.1) is 6.92 Å². The second kappa shape index (κ2) is 7.21. The van der Waals surface area contributed by atoms with Crippen LogP contribution in [0.3, 0.4) is 0 Å². The maximum absolute atomic E-state index is 12.2. The van der Waals surface area contributed by atoms with Crippen LogP contribution in [-0.2, 0) is 14.8 Å². The lowest BCUT2D eigenvalue weighted by Crippen LogP contribution is -2.46. The molecule has 1 heterocycles. The summed E-state index contributed by atoms with van der Waals surface area (Å²) < 4.78 is 31.2. The van der Waals surface area contributed by atoms with Gasteiger partial charge in [0.15, 0.2) is 0 Å². The summed E-state index contributed by atoms with van der Waals surface area (Å²) >= 11 is 0. The smallest absolute Gasteiger partial charge is 0.251 e. The van der Waals surface area contributed by atoms with Crippen LogP contribution in [0.25, 0.3) is 0 Å². The van der Waals surface area contributed by atoms with Crippen LogP contribution in [-0.4, -0.2) is 56.7 Å². The third-order valence-electron chi connectivity index (χ3n) is 3.63. The topological polar surface area (TPSA) is 75.7 Å². The fraction of sp³-hybridized carbons (Fsp3) is 0.533. The highest BCUT2D eigenvalue weighted by atomic mass is 32.2. The van der Waals surface area contributed by atoms with Crippen molar-refractivity contribution >= 4 is 15.9 Å². The lowest BCUT2D eigenvalue weighted by atomic mass is 10.1. The van der Waals surface area contributed by atoms with Gasteiger partial charge in [0.1, 0.15) is 0 Å². The van der Waals surface area contributed by atoms with E-state index in [1.807, 2.05) is 26.0 Å². The lowest BCUT2D eigenvalue weighted by Gasteiger charge is -2.30. The standard InChI is InChI=1S/C15H22N2O4S/c1-12-5-3-4-6-14(12)15(18)16-7-10-22(19,20)17-8-9-21-13(2)11-17/h3-6,13H,7-11H2,1-2H3,(H,16,18). The summed E-state index contributed by atoms with van der Waals surface area (Å²) in [5.74, 6) is -0.346. The second-order valence-electron chi connectivity index (χ2n) is 5.43. The number of benzene rings is 1. The Labute approximate surface area is 131 Å². The van der Waals surface area contributed by atoms with E-state index in [4.69, 9.17) is 4.74 Å². The summed E-state index contributed by atoms with van der Waals surface area (Å²) in [6, 6.07) is 7.22. The highest BCUT2D eigenvalue weighted by molar-refractivity contribution is 7.89. The van der Waals surface area contributed by atoms with Gasteiger partial charge in [-0.15, -0.1) is 0 Å². The Balaban J connectivity index is 1.87. The Morgan fingerprint density at radius 3 is 2.82 bits per heavy atom. The quantitative estimate of drug-likeness (QED) is 0.867. The highest BCUT2D eigenvalue weighted by Gasteiger charge is 2.27. The van der Waals surface area contributed by atoms with E-state index in [0.717, 1.165) is 5.56 Å². The van der Waals surface area contributed by atoms with Crippen LogP contribution in [0.4, 0.5) is 0 Å². The zero-order valence-corrected chi connectivity index (χ0v) is 13.7. The molecule has 1 aliphatic heterocycles. The van der Waals surface area contributed by atoms with Crippen LogP contribution in [0.2, 0.25) is 0 Å². The molecule has 22 heavy (non-hydrogen) atoms. The molecule has 1 fully saturated rings. The van der Waals surface area contributed by atoms with Crippen molar-refractivity contribution < 1.29 is 17.9 Å². The Morgan fingerprint density at radius 1 is 1.41 bits per heavy atom. The molecule has 1 unspecified atom stereocenters. The summed E-state index contributed by atoms with van der Waals surface area (Å²) in [4.78, 5) is 12.0. The number of rotatable bonds is 5. The molecule has 1 saturated heterocycles. The molecule has 0 bridgehead atoms. The van der Waals surface area contributed by atoms with Gasteiger partial charge in [-0.05, 0) is 25.5 Å². The first kappa shape index (κ1) is 16.9. The fourth-order valence-corrected chi connectivity index (χ4v) is 3.79. The van der Waals surface area contributed by atoms with Crippen molar-refractivity contribution in [3.63, 3.8) is 0 Å². The van der Waals surface area contributed by atoms with E-state index in [2.05, 4.69) is 5.32 Å². The van der Waals surface area contributed by atoms with Crippen molar-refractivity contribution in [1.29, 1.82) is 0 Å². The van der Waals surface area contributed by atoms with Gasteiger partial charge in [0.2, 0.25) is 10.0 Å². The van der Waals surface area contributed by atoms with Crippen LogP contribution in [0.15, 0.2) is 24.3 Å². The maximum Gasteiger partial charge on any atom is 0.251 e. The summed E-state index contributed by atoms with van der Waals surface area (Å²) in [5, 5.41) is 2.67. The Morgan fingerprint density at radius 2 is 2.14 bits per heavy atom. The van der Waals surface area contributed by atoms with Crippen molar-refractivity contribution in [2.45, 2.75) is 20.0 Å². The minimum atomic E-state index is -3.37. The number of aryl methyl sites for hydroxylation is 1. The molecule has 1 N–H and O–H groups in total. The average Bonchev–Trinajstić information content (AvgIpc) is 2.47. The molecule has 0 radical (unpaired) electrons. The molecule has 2 rings (SSSR count). The van der Waals surface area contributed by atoms with E-state index < -0.39 is 10.0 Å². The van der Waals surface area contributed by atoms with Gasteiger partial charge in [0.25, 0.3) is 5.91 Å². The molecular formula is C15H22N2O4S. The van der Waals surface area contributed by atoms with Crippen LogP contribution < -0.4 is 5.32 Å². The zero-order valence-electron chi connectivity index (χ0n) is 12.9. The van der Waals surface area contributed by atoms with Crippen molar-refractivity contribution in [3.8, 4) is 0 Å². The van der Waals surface area contributed by atoms with Gasteiger partial charge in [0, 0.05) is 25.2 Å². The normalized spacial score (nSPS) is 19.8. The number of morpholine rings is 1. The van der Waals surface area contributed by atoms with E-state index in [1.165, 1.54) is 4.31 Å². The highest BCUT2D eigenvalue weighted by Crippen LogP contribution is 2.10. The third kappa shape index (κ3) is 4.28. The van der Waals surface area contributed by atoms with Gasteiger partial charge < -0.3 is 10.1 Å². The number of hydrogen-bond acceptors (Lipinski definition) is 4. The number of ether oxygens (including phenoxy) is 1. The van der Waals surface area contributed by atoms with Crippen molar-refractivity contribution in [3.05, 3.63) is 35.4 Å². The molecule has 1 aromatic carbocycles. The van der Waals surface area contributed by atoms with E-state index in [-0.39, 0.29) is 24.3 Å². The van der Waals surface area contributed by atoms with Gasteiger partial charge in [0.05, 0.1) is 18.5 Å². The lowest BCUT2D eigenvalue weighted by molar-refractivity contribution is 0.0102. The number of hydrogen-bond donors (Lipinski definition) is 1. The molecule has 0 saturated carbocycles. The van der Waals surface area contributed by atoms with E-state index in [0.29, 0.717) is 25.3 Å². The van der Waals surface area contributed by atoms with Gasteiger partial charge in [-0.3, -0.25) is 4.79 Å². The average molecular weight is 326 g/mol. The molecule has 0 spiro atoms. The molecule has 0 aliphatic carbocycles. The monoisotopic (exact) mass is 326 g/mol. The molecule has 1 aromatic rings. The van der Waals surface area contributed by atoms with Gasteiger partial charge in [-0.2, -0.15) is 4.31 Å². The summed E-state index contributed by atoms with van der Waals surface area (Å²) in [7, 11) is -3.37. The number of nitrogens with zero attached hydrogens (tertiary/aromatic N) is 1. The molecule has 1 aliphatic rings. The summed E-state index contributed by atoms with van der Waals surface area (Å²) in [6.45, 7) is 4.95. The van der Waals surface area contributed by atoms with Crippen molar-refractivity contribution in [1.82, 2.24) is 9.62 Å². The molecule has 7 heteroatoms. The summed E-state index contributed by atoms with van der Waals surface area (Å²) in [5.41, 5.74) is 1.43. The Hall–Kier alpha value is -1.44. The molecule has 1 amide bonds. The number of amides is 1. The number of nitrogens with one attached hydrogen (secondary N) is 1. The molecule has 1 atom stereocenters. The molecular weight excluding hydrogens is 304 g/mol. The predicted octanol–water partition coefficient (Wildman–Crippen LogP) is 0.775. The van der Waals surface area contributed by atoms with Gasteiger partial charge >= 0.3 is 0 Å². The Kier molecular flexibility index (Phi) is 5.55. The largest absolute Gasteiger partial charge is 0.376 e. The van der Waals surface area contributed by atoms with E-state index >= 15 is 0 Å². The fourth-order valence-electron chi connectivity index (χ4n) is 2.38. The SMILES string of the molecule is Cc1ccccc1C(=O)NCCS(=O)(=O)N1CCOC(C)C1. The first-order valence-electron chi connectivity index (χ1n) is 7.33.